The molecular formula is C16H16N2O3. The Kier molecular flexibility index (Phi) is 4.08. The van der Waals surface area contributed by atoms with Crippen molar-refractivity contribution in [2.45, 2.75) is 32.2 Å². The molecule has 2 atom stereocenters. The number of hydrogen-bond donors (Lipinski definition) is 1. The molecular weight excluding hydrogens is 268 g/mol. The first-order valence-electron chi connectivity index (χ1n) is 6.70. The lowest BCUT2D eigenvalue weighted by Crippen LogP contribution is -2.59. The predicted octanol–water partition coefficient (Wildman–Crippen LogP) is 1.57. The number of benzene rings is 1. The predicted molar refractivity (Wildman–Crippen MR) is 77.2 cm³/mol. The van der Waals surface area contributed by atoms with Crippen molar-refractivity contribution in [2.24, 2.45) is 0 Å². The van der Waals surface area contributed by atoms with Gasteiger partial charge in [-0.05, 0) is 18.9 Å². The second-order valence-electron chi connectivity index (χ2n) is 4.94. The van der Waals surface area contributed by atoms with Gasteiger partial charge in [0.2, 0.25) is 11.8 Å². The summed E-state index contributed by atoms with van der Waals surface area (Å²) in [5, 5.41) is 2.21. The van der Waals surface area contributed by atoms with Gasteiger partial charge in [-0.15, -0.1) is 6.42 Å². The zero-order valence-corrected chi connectivity index (χ0v) is 11.9. The van der Waals surface area contributed by atoms with Crippen LogP contribution in [-0.2, 0) is 9.59 Å². The van der Waals surface area contributed by atoms with Crippen molar-refractivity contribution in [3.05, 3.63) is 35.4 Å². The van der Waals surface area contributed by atoms with E-state index in [1.807, 2.05) is 13.0 Å². The van der Waals surface area contributed by atoms with Gasteiger partial charge in [0, 0.05) is 0 Å². The summed E-state index contributed by atoms with van der Waals surface area (Å²) in [5.74, 6) is 0.194. The average Bonchev–Trinajstić information content (AvgIpc) is 2.43. The molecule has 1 aliphatic rings. The van der Waals surface area contributed by atoms with Gasteiger partial charge in [-0.1, -0.05) is 42.7 Å². The number of aryl methyl sites for hydroxylation is 1. The summed E-state index contributed by atoms with van der Waals surface area (Å²) in [6, 6.07) is 5.68. The van der Waals surface area contributed by atoms with Crippen molar-refractivity contribution in [3.63, 3.8) is 0 Å². The Morgan fingerprint density at radius 2 is 2.10 bits per heavy atom. The first kappa shape index (κ1) is 14.8. The fourth-order valence-corrected chi connectivity index (χ4v) is 2.40. The maximum atomic E-state index is 12.6. The number of hydrogen-bond acceptors (Lipinski definition) is 3. The lowest BCUT2D eigenvalue weighted by Gasteiger charge is -2.33. The second kappa shape index (κ2) is 5.80. The number of rotatable bonds is 3. The third-order valence-electron chi connectivity index (χ3n) is 3.46. The molecule has 2 unspecified atom stereocenters. The van der Waals surface area contributed by atoms with Crippen LogP contribution < -0.4 is 5.32 Å². The normalized spacial score (nSPS) is 20.0. The molecule has 0 aliphatic carbocycles. The SMILES string of the molecule is C#CC(CC)N1C(=O)NC(=O)C(c2cccc(C)c2)C1=O. The highest BCUT2D eigenvalue weighted by molar-refractivity contribution is 6.19. The van der Waals surface area contributed by atoms with E-state index in [-0.39, 0.29) is 0 Å². The highest BCUT2D eigenvalue weighted by Gasteiger charge is 2.43. The molecule has 21 heavy (non-hydrogen) atoms. The van der Waals surface area contributed by atoms with E-state index in [9.17, 15) is 14.4 Å². The van der Waals surface area contributed by atoms with E-state index in [1.54, 1.807) is 25.1 Å². The third kappa shape index (κ3) is 2.65. The molecule has 4 amide bonds. The van der Waals surface area contributed by atoms with Crippen molar-refractivity contribution >= 4 is 17.8 Å². The molecule has 108 valence electrons. The summed E-state index contributed by atoms with van der Waals surface area (Å²) < 4.78 is 0. The molecule has 1 aliphatic heterocycles. The molecule has 1 saturated heterocycles. The summed E-state index contributed by atoms with van der Waals surface area (Å²) in [7, 11) is 0. The van der Waals surface area contributed by atoms with Crippen LogP contribution in [0.15, 0.2) is 24.3 Å². The number of imide groups is 2. The molecule has 1 fully saturated rings. The van der Waals surface area contributed by atoms with Crippen LogP contribution in [0.25, 0.3) is 0 Å². The number of nitrogens with zero attached hydrogens (tertiary/aromatic N) is 1. The van der Waals surface area contributed by atoms with Gasteiger partial charge >= 0.3 is 6.03 Å². The van der Waals surface area contributed by atoms with Gasteiger partial charge in [0.25, 0.3) is 0 Å². The van der Waals surface area contributed by atoms with Gasteiger partial charge in [0.15, 0.2) is 0 Å². The van der Waals surface area contributed by atoms with Crippen molar-refractivity contribution in [3.8, 4) is 12.3 Å². The van der Waals surface area contributed by atoms with Crippen LogP contribution in [0, 0.1) is 19.3 Å². The minimum atomic E-state index is -1.04. The largest absolute Gasteiger partial charge is 0.331 e. The molecule has 1 aromatic carbocycles. The summed E-state index contributed by atoms with van der Waals surface area (Å²) in [4.78, 5) is 37.5. The highest BCUT2D eigenvalue weighted by Crippen LogP contribution is 2.25. The summed E-state index contributed by atoms with van der Waals surface area (Å²) in [5.41, 5.74) is 1.49. The van der Waals surface area contributed by atoms with Crippen LogP contribution in [0.3, 0.4) is 0 Å². The summed E-state index contributed by atoms with van der Waals surface area (Å²) in [6.45, 7) is 3.65. The van der Waals surface area contributed by atoms with Crippen LogP contribution in [0.5, 0.6) is 0 Å². The fourth-order valence-electron chi connectivity index (χ4n) is 2.40. The highest BCUT2D eigenvalue weighted by atomic mass is 16.2. The van der Waals surface area contributed by atoms with Gasteiger partial charge in [-0.2, -0.15) is 0 Å². The average molecular weight is 284 g/mol. The van der Waals surface area contributed by atoms with Gasteiger partial charge < -0.3 is 0 Å². The van der Waals surface area contributed by atoms with Gasteiger partial charge in [-0.25, -0.2) is 9.69 Å². The number of amides is 4. The number of carbonyl (C=O) groups excluding carboxylic acids is 3. The van der Waals surface area contributed by atoms with Crippen molar-refractivity contribution in [1.82, 2.24) is 10.2 Å². The molecule has 1 heterocycles. The Balaban J connectivity index is 2.43. The number of barbiturate groups is 1. The molecule has 5 nitrogen and oxygen atoms in total. The Hall–Kier alpha value is -2.61. The topological polar surface area (TPSA) is 66.5 Å². The monoisotopic (exact) mass is 284 g/mol. The molecule has 1 N–H and O–H groups in total. The minimum Gasteiger partial charge on any atom is -0.277 e. The number of urea groups is 1. The molecule has 0 aromatic heterocycles. The van der Waals surface area contributed by atoms with Gasteiger partial charge in [-0.3, -0.25) is 14.9 Å². The van der Waals surface area contributed by atoms with E-state index >= 15 is 0 Å². The number of nitrogens with one attached hydrogen (secondary N) is 1. The van der Waals surface area contributed by atoms with Gasteiger partial charge in [0.05, 0.1) is 0 Å². The molecule has 5 heteroatoms. The molecule has 0 saturated carbocycles. The quantitative estimate of drug-likeness (QED) is 0.676. The van der Waals surface area contributed by atoms with Crippen LogP contribution in [-0.4, -0.2) is 28.8 Å². The zero-order valence-electron chi connectivity index (χ0n) is 11.9. The smallest absolute Gasteiger partial charge is 0.277 e. The Morgan fingerprint density at radius 1 is 1.38 bits per heavy atom. The second-order valence-corrected chi connectivity index (χ2v) is 4.94. The van der Waals surface area contributed by atoms with Crippen LogP contribution in [0.2, 0.25) is 0 Å². The third-order valence-corrected chi connectivity index (χ3v) is 3.46. The first-order chi connectivity index (χ1) is 9.99. The fraction of sp³-hybridized carbons (Fsp3) is 0.312. The van der Waals surface area contributed by atoms with Crippen LogP contribution in [0.4, 0.5) is 4.79 Å². The lowest BCUT2D eigenvalue weighted by atomic mass is 9.93. The van der Waals surface area contributed by atoms with Crippen LogP contribution in [0.1, 0.15) is 30.4 Å². The Bertz CT molecular complexity index is 645. The Morgan fingerprint density at radius 3 is 2.67 bits per heavy atom. The molecule has 2 rings (SSSR count). The lowest BCUT2D eigenvalue weighted by molar-refractivity contribution is -0.139. The van der Waals surface area contributed by atoms with Crippen molar-refractivity contribution in [2.75, 3.05) is 0 Å². The molecule has 0 bridgehead atoms. The van der Waals surface area contributed by atoms with Crippen molar-refractivity contribution < 1.29 is 14.4 Å². The zero-order chi connectivity index (χ0) is 15.6. The van der Waals surface area contributed by atoms with E-state index < -0.39 is 29.8 Å². The van der Waals surface area contributed by atoms with E-state index in [4.69, 9.17) is 6.42 Å². The van der Waals surface area contributed by atoms with Crippen LogP contribution >= 0.6 is 0 Å². The van der Waals surface area contributed by atoms with E-state index in [0.29, 0.717) is 12.0 Å². The van der Waals surface area contributed by atoms with E-state index in [0.717, 1.165) is 10.5 Å². The Labute approximate surface area is 123 Å². The standard InChI is InChI=1S/C16H16N2O3/c1-4-12(5-2)18-15(20)13(14(19)17-16(18)21)11-8-6-7-10(3)9-11/h1,6-9,12-13H,5H2,2-3H3,(H,17,19,21). The van der Waals surface area contributed by atoms with Crippen molar-refractivity contribution in [1.29, 1.82) is 0 Å². The molecule has 1 aromatic rings. The first-order valence-corrected chi connectivity index (χ1v) is 6.70. The number of carbonyl (C=O) groups is 3. The summed E-state index contributed by atoms with van der Waals surface area (Å²) in [6.07, 6.45) is 5.81. The van der Waals surface area contributed by atoms with E-state index in [1.165, 1.54) is 0 Å². The minimum absolute atomic E-state index is 0.435. The number of terminal acetylenes is 1. The maximum absolute atomic E-state index is 12.6. The summed E-state index contributed by atoms with van der Waals surface area (Å²) >= 11 is 0. The molecule has 0 spiro atoms. The maximum Gasteiger partial charge on any atom is 0.331 e. The van der Waals surface area contributed by atoms with Gasteiger partial charge in [0.1, 0.15) is 12.0 Å². The molecule has 0 radical (unpaired) electrons. The van der Waals surface area contributed by atoms with E-state index in [2.05, 4.69) is 11.2 Å².